The first-order valence-electron chi connectivity index (χ1n) is 10.7. The fourth-order valence-electron chi connectivity index (χ4n) is 4.62. The number of carbonyl (C=O) groups is 2. The van der Waals surface area contributed by atoms with Crippen molar-refractivity contribution >= 4 is 29.3 Å². The second-order valence-corrected chi connectivity index (χ2v) is 9.51. The van der Waals surface area contributed by atoms with E-state index in [0.29, 0.717) is 29.2 Å². The van der Waals surface area contributed by atoms with Crippen molar-refractivity contribution in [3.05, 3.63) is 94.8 Å². The number of ether oxygens (including phenoxy) is 1. The van der Waals surface area contributed by atoms with E-state index in [2.05, 4.69) is 0 Å². The van der Waals surface area contributed by atoms with Crippen LogP contribution >= 0.6 is 11.8 Å². The summed E-state index contributed by atoms with van der Waals surface area (Å²) in [5.74, 6) is 0.493. The Morgan fingerprint density at radius 2 is 1.94 bits per heavy atom. The van der Waals surface area contributed by atoms with E-state index in [1.165, 1.54) is 23.9 Å². The summed E-state index contributed by atoms with van der Waals surface area (Å²) in [7, 11) is 1.56. The van der Waals surface area contributed by atoms with Crippen LogP contribution in [0, 0.1) is 12.7 Å². The van der Waals surface area contributed by atoms with Crippen LogP contribution in [0.2, 0.25) is 0 Å². The van der Waals surface area contributed by atoms with Crippen molar-refractivity contribution in [2.24, 2.45) is 0 Å². The number of nitrogens with zero attached hydrogens (tertiary/aromatic N) is 2. The Balaban J connectivity index is 1.59. The number of fused-ring (bicyclic) bond motifs is 2. The molecular weight excluding hydrogens is 439 g/mol. The van der Waals surface area contributed by atoms with Gasteiger partial charge >= 0.3 is 0 Å². The molecule has 1 spiro atoms. The average Bonchev–Trinajstić information content (AvgIpc) is 3.36. The monoisotopic (exact) mass is 462 g/mol. The first-order valence-corrected chi connectivity index (χ1v) is 11.7. The van der Waals surface area contributed by atoms with Gasteiger partial charge in [0.25, 0.3) is 11.8 Å². The summed E-state index contributed by atoms with van der Waals surface area (Å²) < 4.78 is 19.1. The largest absolute Gasteiger partial charge is 0.497 e. The quantitative estimate of drug-likeness (QED) is 0.563. The van der Waals surface area contributed by atoms with Crippen LogP contribution in [0.15, 0.2) is 66.7 Å². The molecular formula is C26H23FN2O3S. The van der Waals surface area contributed by atoms with E-state index in [0.717, 1.165) is 16.8 Å². The third-order valence-corrected chi connectivity index (χ3v) is 7.56. The number of anilines is 1. The molecule has 7 heteroatoms. The van der Waals surface area contributed by atoms with Crippen LogP contribution in [-0.2, 0) is 16.2 Å². The maximum atomic E-state index is 14.0. The maximum absolute atomic E-state index is 14.0. The van der Waals surface area contributed by atoms with Gasteiger partial charge in [0, 0.05) is 23.4 Å². The zero-order chi connectivity index (χ0) is 23.2. The van der Waals surface area contributed by atoms with Gasteiger partial charge in [-0.25, -0.2) is 4.39 Å². The summed E-state index contributed by atoms with van der Waals surface area (Å²) in [6, 6.07) is 19.1. The lowest BCUT2D eigenvalue weighted by molar-refractivity contribution is -0.123. The van der Waals surface area contributed by atoms with Crippen molar-refractivity contribution in [1.29, 1.82) is 0 Å². The first kappa shape index (κ1) is 21.5. The van der Waals surface area contributed by atoms with Gasteiger partial charge in [-0.05, 0) is 48.9 Å². The third kappa shape index (κ3) is 3.47. The number of hydrogen-bond acceptors (Lipinski definition) is 4. The number of benzene rings is 3. The van der Waals surface area contributed by atoms with E-state index in [9.17, 15) is 14.0 Å². The number of carbonyl (C=O) groups excluding carboxylic acids is 2. The summed E-state index contributed by atoms with van der Waals surface area (Å²) in [6.45, 7) is 2.66. The lowest BCUT2D eigenvalue weighted by Crippen LogP contribution is -2.50. The number of thioether (sulfide) groups is 1. The topological polar surface area (TPSA) is 49.9 Å². The Morgan fingerprint density at radius 3 is 2.73 bits per heavy atom. The molecule has 1 fully saturated rings. The lowest BCUT2D eigenvalue weighted by atomic mass is 10.0. The highest BCUT2D eigenvalue weighted by Crippen LogP contribution is 2.55. The maximum Gasteiger partial charge on any atom is 0.268 e. The highest BCUT2D eigenvalue weighted by molar-refractivity contribution is 8.01. The van der Waals surface area contributed by atoms with Gasteiger partial charge in [-0.1, -0.05) is 35.9 Å². The summed E-state index contributed by atoms with van der Waals surface area (Å²) in [5, 5.41) is 0. The Morgan fingerprint density at radius 1 is 1.12 bits per heavy atom. The summed E-state index contributed by atoms with van der Waals surface area (Å²) in [6.07, 6.45) is 0. The van der Waals surface area contributed by atoms with Crippen LogP contribution < -0.4 is 9.64 Å². The van der Waals surface area contributed by atoms with Crippen molar-refractivity contribution in [2.45, 2.75) is 18.3 Å². The molecule has 2 amide bonds. The molecule has 5 rings (SSSR count). The highest BCUT2D eigenvalue weighted by atomic mass is 32.2. The number of hydrogen-bond donors (Lipinski definition) is 0. The van der Waals surface area contributed by atoms with Gasteiger partial charge < -0.3 is 14.5 Å². The minimum atomic E-state index is -1.14. The molecule has 0 unspecified atom stereocenters. The van der Waals surface area contributed by atoms with Gasteiger partial charge in [-0.3, -0.25) is 9.59 Å². The van der Waals surface area contributed by atoms with Crippen molar-refractivity contribution in [3.8, 4) is 5.75 Å². The molecule has 2 aliphatic rings. The second-order valence-electron chi connectivity index (χ2n) is 8.22. The van der Waals surface area contributed by atoms with Gasteiger partial charge in [-0.2, -0.15) is 0 Å². The molecule has 0 aliphatic carbocycles. The highest BCUT2D eigenvalue weighted by Gasteiger charge is 2.59. The van der Waals surface area contributed by atoms with E-state index in [1.54, 1.807) is 53.3 Å². The molecule has 3 aromatic rings. The van der Waals surface area contributed by atoms with Crippen LogP contribution in [0.4, 0.5) is 10.1 Å². The van der Waals surface area contributed by atoms with E-state index in [4.69, 9.17) is 4.74 Å². The standard InChI is InChI=1S/C26H23FN2O3S/c1-17-9-10-23-22(13-17)26(25(31)28(23)16-18-5-3-7-20(27)14-18)29(11-12-33-26)24(30)19-6-4-8-21(15-19)32-2/h3-10,13-15H,11-12,16H2,1-2H3/t26-/m1/s1. The van der Waals surface area contributed by atoms with Crippen molar-refractivity contribution in [3.63, 3.8) is 0 Å². The Bertz CT molecular complexity index is 1260. The summed E-state index contributed by atoms with van der Waals surface area (Å²) in [4.78, 5) is 29.9. The minimum Gasteiger partial charge on any atom is -0.497 e. The lowest BCUT2D eigenvalue weighted by Gasteiger charge is -2.33. The first-order chi connectivity index (χ1) is 15.9. The molecule has 0 radical (unpaired) electrons. The van der Waals surface area contributed by atoms with Crippen molar-refractivity contribution in [1.82, 2.24) is 4.90 Å². The Labute approximate surface area is 196 Å². The van der Waals surface area contributed by atoms with Gasteiger partial charge in [0.2, 0.25) is 0 Å². The molecule has 2 aliphatic heterocycles. The van der Waals surface area contributed by atoms with Gasteiger partial charge in [0.15, 0.2) is 4.87 Å². The molecule has 2 heterocycles. The van der Waals surface area contributed by atoms with E-state index < -0.39 is 4.87 Å². The van der Waals surface area contributed by atoms with Crippen LogP contribution in [0.25, 0.3) is 0 Å². The Kier molecular flexibility index (Phi) is 5.37. The average molecular weight is 463 g/mol. The Hall–Kier alpha value is -3.32. The molecule has 5 nitrogen and oxygen atoms in total. The third-order valence-electron chi connectivity index (χ3n) is 6.14. The summed E-state index contributed by atoms with van der Waals surface area (Å²) in [5.41, 5.74) is 3.74. The molecule has 33 heavy (non-hydrogen) atoms. The zero-order valence-corrected chi connectivity index (χ0v) is 19.2. The molecule has 1 atom stereocenters. The number of amides is 2. The molecule has 0 aromatic heterocycles. The van der Waals surface area contributed by atoms with Crippen molar-refractivity contribution < 1.29 is 18.7 Å². The van der Waals surface area contributed by atoms with Crippen LogP contribution in [0.3, 0.4) is 0 Å². The predicted octanol–water partition coefficient (Wildman–Crippen LogP) is 4.73. The fourth-order valence-corrected chi connectivity index (χ4v) is 6.07. The van der Waals surface area contributed by atoms with Gasteiger partial charge in [0.05, 0.1) is 19.3 Å². The SMILES string of the molecule is COc1cccc(C(=O)N2CCS[C@]23C(=O)N(Cc2cccc(F)c2)c2ccc(C)cc23)c1. The molecule has 168 valence electrons. The molecule has 0 N–H and O–H groups in total. The van der Waals surface area contributed by atoms with Crippen LogP contribution in [-0.4, -0.2) is 36.1 Å². The molecule has 0 saturated carbocycles. The molecule has 1 saturated heterocycles. The zero-order valence-electron chi connectivity index (χ0n) is 18.4. The van der Waals surface area contributed by atoms with Gasteiger partial charge in [0.1, 0.15) is 11.6 Å². The van der Waals surface area contributed by atoms with Crippen LogP contribution in [0.1, 0.15) is 27.0 Å². The molecule has 3 aromatic carbocycles. The van der Waals surface area contributed by atoms with E-state index in [1.807, 2.05) is 25.1 Å². The van der Waals surface area contributed by atoms with Crippen molar-refractivity contribution in [2.75, 3.05) is 24.3 Å². The normalized spacial score (nSPS) is 19.3. The van der Waals surface area contributed by atoms with Gasteiger partial charge in [-0.15, -0.1) is 11.8 Å². The number of halogens is 1. The fraction of sp³-hybridized carbons (Fsp3) is 0.231. The summed E-state index contributed by atoms with van der Waals surface area (Å²) >= 11 is 1.48. The smallest absolute Gasteiger partial charge is 0.268 e. The number of aryl methyl sites for hydroxylation is 1. The molecule has 0 bridgehead atoms. The van der Waals surface area contributed by atoms with E-state index >= 15 is 0 Å². The van der Waals surface area contributed by atoms with Crippen LogP contribution in [0.5, 0.6) is 5.75 Å². The number of methoxy groups -OCH3 is 1. The predicted molar refractivity (Wildman–Crippen MR) is 127 cm³/mol. The number of rotatable bonds is 4. The minimum absolute atomic E-state index is 0.175. The van der Waals surface area contributed by atoms with E-state index in [-0.39, 0.29) is 24.2 Å². The second kappa shape index (κ2) is 8.23.